The number of carbonyl (C=O) groups is 1. The molecule has 3 heterocycles. The van der Waals surface area contributed by atoms with Crippen molar-refractivity contribution in [1.82, 2.24) is 15.3 Å². The van der Waals surface area contributed by atoms with Gasteiger partial charge >= 0.3 is 0 Å². The molecule has 134 valence electrons. The normalized spacial score (nSPS) is 17.0. The molecule has 1 saturated heterocycles. The van der Waals surface area contributed by atoms with Gasteiger partial charge in [0.25, 0.3) is 0 Å². The highest BCUT2D eigenvalue weighted by molar-refractivity contribution is 5.93. The summed E-state index contributed by atoms with van der Waals surface area (Å²) >= 11 is 0. The van der Waals surface area contributed by atoms with Crippen molar-refractivity contribution < 1.29 is 9.21 Å². The minimum atomic E-state index is -0.207. The van der Waals surface area contributed by atoms with Gasteiger partial charge in [0.2, 0.25) is 5.91 Å². The van der Waals surface area contributed by atoms with Gasteiger partial charge in [-0.2, -0.15) is 0 Å². The number of anilines is 1. The Balaban J connectivity index is 1.54. The van der Waals surface area contributed by atoms with Gasteiger partial charge in [-0.3, -0.25) is 4.79 Å². The number of aryl methyl sites for hydroxylation is 2. The molecule has 0 spiro atoms. The Morgan fingerprint density at radius 1 is 1.31 bits per heavy atom. The highest BCUT2D eigenvalue weighted by Crippen LogP contribution is 2.29. The van der Waals surface area contributed by atoms with E-state index in [9.17, 15) is 4.79 Å². The SMILES string of the molecule is Cc1cc(CNC(=O)[C@H]2CCCN2c2ncnc3ccccc23)c(C)o1. The van der Waals surface area contributed by atoms with Gasteiger partial charge in [-0.25, -0.2) is 9.97 Å². The van der Waals surface area contributed by atoms with Crippen LogP contribution in [0.2, 0.25) is 0 Å². The lowest BCUT2D eigenvalue weighted by atomic mass is 10.1. The summed E-state index contributed by atoms with van der Waals surface area (Å²) in [4.78, 5) is 23.7. The molecule has 1 aromatic carbocycles. The summed E-state index contributed by atoms with van der Waals surface area (Å²) in [5, 5.41) is 4.04. The van der Waals surface area contributed by atoms with Crippen molar-refractivity contribution in [2.24, 2.45) is 0 Å². The molecule has 1 atom stereocenters. The number of nitrogens with zero attached hydrogens (tertiary/aromatic N) is 3. The minimum absolute atomic E-state index is 0.0310. The molecule has 26 heavy (non-hydrogen) atoms. The Morgan fingerprint density at radius 2 is 2.15 bits per heavy atom. The summed E-state index contributed by atoms with van der Waals surface area (Å²) in [6, 6.07) is 9.68. The van der Waals surface area contributed by atoms with Crippen molar-refractivity contribution in [2.45, 2.75) is 39.3 Å². The number of amides is 1. The zero-order chi connectivity index (χ0) is 18.1. The predicted octanol–water partition coefficient (Wildman–Crippen LogP) is 3.12. The van der Waals surface area contributed by atoms with Crippen LogP contribution in [0.4, 0.5) is 5.82 Å². The molecule has 0 saturated carbocycles. The van der Waals surface area contributed by atoms with Crippen LogP contribution in [0.3, 0.4) is 0 Å². The number of fused-ring (bicyclic) bond motifs is 1. The summed E-state index contributed by atoms with van der Waals surface area (Å²) in [5.41, 5.74) is 1.92. The fourth-order valence-electron chi connectivity index (χ4n) is 3.67. The average molecular weight is 350 g/mol. The monoisotopic (exact) mass is 350 g/mol. The van der Waals surface area contributed by atoms with Gasteiger partial charge in [0.05, 0.1) is 5.52 Å². The lowest BCUT2D eigenvalue weighted by Crippen LogP contribution is -2.43. The topological polar surface area (TPSA) is 71.3 Å². The maximum atomic E-state index is 12.8. The molecule has 0 bridgehead atoms. The van der Waals surface area contributed by atoms with Crippen molar-refractivity contribution in [1.29, 1.82) is 0 Å². The van der Waals surface area contributed by atoms with E-state index in [1.54, 1.807) is 6.33 Å². The number of nitrogens with one attached hydrogen (secondary N) is 1. The van der Waals surface area contributed by atoms with Crippen LogP contribution in [0.5, 0.6) is 0 Å². The van der Waals surface area contributed by atoms with E-state index >= 15 is 0 Å². The van der Waals surface area contributed by atoms with Crippen LogP contribution in [0, 0.1) is 13.8 Å². The van der Waals surface area contributed by atoms with Crippen LogP contribution in [-0.2, 0) is 11.3 Å². The molecule has 6 heteroatoms. The second-order valence-corrected chi connectivity index (χ2v) is 6.72. The van der Waals surface area contributed by atoms with E-state index in [-0.39, 0.29) is 11.9 Å². The maximum absolute atomic E-state index is 12.8. The van der Waals surface area contributed by atoms with Crippen molar-refractivity contribution in [3.63, 3.8) is 0 Å². The van der Waals surface area contributed by atoms with Crippen LogP contribution in [-0.4, -0.2) is 28.5 Å². The zero-order valence-electron chi connectivity index (χ0n) is 15.0. The van der Waals surface area contributed by atoms with E-state index in [2.05, 4.69) is 20.2 Å². The van der Waals surface area contributed by atoms with Crippen LogP contribution in [0.15, 0.2) is 41.1 Å². The lowest BCUT2D eigenvalue weighted by Gasteiger charge is -2.25. The maximum Gasteiger partial charge on any atom is 0.243 e. The Bertz CT molecular complexity index is 945. The van der Waals surface area contributed by atoms with Gasteiger partial charge in [-0.05, 0) is 44.9 Å². The highest BCUT2D eigenvalue weighted by Gasteiger charge is 2.32. The fraction of sp³-hybridized carbons (Fsp3) is 0.350. The van der Waals surface area contributed by atoms with E-state index in [1.807, 2.05) is 44.2 Å². The number of hydrogen-bond acceptors (Lipinski definition) is 5. The highest BCUT2D eigenvalue weighted by atomic mass is 16.3. The summed E-state index contributed by atoms with van der Waals surface area (Å²) in [5.74, 6) is 2.58. The van der Waals surface area contributed by atoms with E-state index in [4.69, 9.17) is 4.42 Å². The Labute approximate surface area is 152 Å². The third-order valence-electron chi connectivity index (χ3n) is 4.95. The molecule has 0 unspecified atom stereocenters. The van der Waals surface area contributed by atoms with Crippen molar-refractivity contribution in [3.8, 4) is 0 Å². The molecular formula is C20H22N4O2. The predicted molar refractivity (Wildman–Crippen MR) is 99.9 cm³/mol. The standard InChI is InChI=1S/C20H22N4O2/c1-13-10-15(14(2)26-13)11-21-20(25)18-8-5-9-24(18)19-16-6-3-4-7-17(16)22-12-23-19/h3-4,6-7,10,12,18H,5,8-9,11H2,1-2H3,(H,21,25)/t18-/m1/s1. The van der Waals surface area contributed by atoms with Crippen molar-refractivity contribution in [3.05, 3.63) is 53.7 Å². The van der Waals surface area contributed by atoms with Gasteiger partial charge in [0, 0.05) is 24.0 Å². The first kappa shape index (κ1) is 16.6. The van der Waals surface area contributed by atoms with E-state index < -0.39 is 0 Å². The molecular weight excluding hydrogens is 328 g/mol. The number of para-hydroxylation sites is 1. The summed E-state index contributed by atoms with van der Waals surface area (Å²) in [6.45, 7) is 5.14. The molecule has 3 aromatic rings. The quantitative estimate of drug-likeness (QED) is 0.783. The molecule has 1 amide bonds. The Morgan fingerprint density at radius 3 is 2.96 bits per heavy atom. The smallest absolute Gasteiger partial charge is 0.243 e. The molecule has 1 fully saturated rings. The van der Waals surface area contributed by atoms with Gasteiger partial charge in [-0.1, -0.05) is 12.1 Å². The van der Waals surface area contributed by atoms with E-state index in [0.717, 1.165) is 53.2 Å². The number of benzene rings is 1. The van der Waals surface area contributed by atoms with Gasteiger partial charge in [0.15, 0.2) is 0 Å². The minimum Gasteiger partial charge on any atom is -0.466 e. The summed E-state index contributed by atoms with van der Waals surface area (Å²) < 4.78 is 5.53. The molecule has 6 nitrogen and oxygen atoms in total. The van der Waals surface area contributed by atoms with Crippen molar-refractivity contribution >= 4 is 22.6 Å². The van der Waals surface area contributed by atoms with Gasteiger partial charge in [0.1, 0.15) is 29.7 Å². The number of hydrogen-bond donors (Lipinski definition) is 1. The Hall–Kier alpha value is -2.89. The molecule has 0 radical (unpaired) electrons. The largest absolute Gasteiger partial charge is 0.466 e. The molecule has 1 aliphatic rings. The van der Waals surface area contributed by atoms with E-state index in [1.165, 1.54) is 0 Å². The second-order valence-electron chi connectivity index (χ2n) is 6.72. The summed E-state index contributed by atoms with van der Waals surface area (Å²) in [7, 11) is 0. The van der Waals surface area contributed by atoms with Crippen LogP contribution in [0.1, 0.15) is 29.9 Å². The average Bonchev–Trinajstić information content (AvgIpc) is 3.25. The first-order valence-corrected chi connectivity index (χ1v) is 8.93. The van der Waals surface area contributed by atoms with Crippen LogP contribution in [0.25, 0.3) is 10.9 Å². The first-order chi connectivity index (χ1) is 12.6. The Kier molecular flexibility index (Phi) is 4.32. The molecule has 1 aliphatic heterocycles. The number of rotatable bonds is 4. The van der Waals surface area contributed by atoms with Crippen LogP contribution >= 0.6 is 0 Å². The van der Waals surface area contributed by atoms with Crippen LogP contribution < -0.4 is 10.2 Å². The third-order valence-corrected chi connectivity index (χ3v) is 4.95. The fourth-order valence-corrected chi connectivity index (χ4v) is 3.67. The van der Waals surface area contributed by atoms with Crippen molar-refractivity contribution in [2.75, 3.05) is 11.4 Å². The zero-order valence-corrected chi connectivity index (χ0v) is 15.0. The molecule has 0 aliphatic carbocycles. The third kappa shape index (κ3) is 3.03. The first-order valence-electron chi connectivity index (χ1n) is 8.93. The lowest BCUT2D eigenvalue weighted by molar-refractivity contribution is -0.122. The van der Waals surface area contributed by atoms with E-state index in [0.29, 0.717) is 6.54 Å². The van der Waals surface area contributed by atoms with Gasteiger partial charge < -0.3 is 14.6 Å². The number of aromatic nitrogens is 2. The van der Waals surface area contributed by atoms with Gasteiger partial charge in [-0.15, -0.1) is 0 Å². The second kappa shape index (κ2) is 6.78. The number of furan rings is 1. The molecule has 2 aromatic heterocycles. The number of carbonyl (C=O) groups excluding carboxylic acids is 1. The molecule has 1 N–H and O–H groups in total. The molecule has 4 rings (SSSR count). The summed E-state index contributed by atoms with van der Waals surface area (Å²) in [6.07, 6.45) is 3.37.